The topological polar surface area (TPSA) is 55.4 Å². The van der Waals surface area contributed by atoms with Crippen molar-refractivity contribution < 1.29 is 14.3 Å². The maximum Gasteiger partial charge on any atom is 0.310 e. The van der Waals surface area contributed by atoms with E-state index in [0.717, 1.165) is 12.8 Å². The Labute approximate surface area is 91.4 Å². The second kappa shape index (κ2) is 8.26. The lowest BCUT2D eigenvalue weighted by Gasteiger charge is -2.14. The van der Waals surface area contributed by atoms with E-state index in [4.69, 9.17) is 4.74 Å². The van der Waals surface area contributed by atoms with Gasteiger partial charge >= 0.3 is 5.97 Å². The zero-order chi connectivity index (χ0) is 11.7. The lowest BCUT2D eigenvalue weighted by molar-refractivity contribution is -0.148. The molecule has 0 aromatic heterocycles. The highest BCUT2D eigenvalue weighted by molar-refractivity contribution is 5.76. The Kier molecular flexibility index (Phi) is 7.68. The lowest BCUT2D eigenvalue weighted by atomic mass is 10.1. The van der Waals surface area contributed by atoms with Gasteiger partial charge in [0.1, 0.15) is 0 Å². The fraction of sp³-hybridized carbons (Fsp3) is 0.818. The first-order valence-corrected chi connectivity index (χ1v) is 5.52. The van der Waals surface area contributed by atoms with Gasteiger partial charge in [0.25, 0.3) is 0 Å². The van der Waals surface area contributed by atoms with Crippen LogP contribution < -0.4 is 5.32 Å². The highest BCUT2D eigenvalue weighted by Gasteiger charge is 2.17. The molecule has 0 aliphatic rings. The van der Waals surface area contributed by atoms with Crippen molar-refractivity contribution in [3.63, 3.8) is 0 Å². The molecular weight excluding hydrogens is 194 g/mol. The minimum atomic E-state index is -0.217. The Morgan fingerprint density at radius 2 is 2.00 bits per heavy atom. The number of nitrogens with one attached hydrogen (secondary N) is 1. The summed E-state index contributed by atoms with van der Waals surface area (Å²) in [5, 5.41) is 2.63. The Morgan fingerprint density at radius 3 is 2.47 bits per heavy atom. The van der Waals surface area contributed by atoms with E-state index in [9.17, 15) is 9.59 Å². The molecule has 0 bridgehead atoms. The highest BCUT2D eigenvalue weighted by Crippen LogP contribution is 2.04. The van der Waals surface area contributed by atoms with Gasteiger partial charge in [0.05, 0.1) is 12.5 Å². The summed E-state index contributed by atoms with van der Waals surface area (Å²) in [5.41, 5.74) is 0. The van der Waals surface area contributed by atoms with Gasteiger partial charge in [-0.1, -0.05) is 20.3 Å². The van der Waals surface area contributed by atoms with Crippen LogP contribution >= 0.6 is 0 Å². The smallest absolute Gasteiger partial charge is 0.310 e. The maximum absolute atomic E-state index is 11.5. The minimum Gasteiger partial charge on any atom is -0.465 e. The van der Waals surface area contributed by atoms with Gasteiger partial charge in [0.2, 0.25) is 5.91 Å². The fourth-order valence-electron chi connectivity index (χ4n) is 1.10. The number of carbonyl (C=O) groups excluding carboxylic acids is 2. The molecule has 0 rings (SSSR count). The van der Waals surface area contributed by atoms with Crippen molar-refractivity contribution in [1.29, 1.82) is 0 Å². The summed E-state index contributed by atoms with van der Waals surface area (Å²) in [6.07, 6.45) is 2.59. The zero-order valence-corrected chi connectivity index (χ0v) is 9.84. The molecule has 4 nitrogen and oxygen atoms in total. The molecule has 0 heterocycles. The molecule has 0 aliphatic heterocycles. The first kappa shape index (κ1) is 13.9. The molecule has 0 saturated heterocycles. The van der Waals surface area contributed by atoms with Gasteiger partial charge in [0.15, 0.2) is 0 Å². The second-order valence-electron chi connectivity index (χ2n) is 3.56. The fourth-order valence-corrected chi connectivity index (χ4v) is 1.10. The monoisotopic (exact) mass is 215 g/mol. The zero-order valence-electron chi connectivity index (χ0n) is 9.84. The third-order valence-electron chi connectivity index (χ3n) is 2.17. The standard InChI is InChI=1S/C11H21NO3/c1-4-6-7-15-11(14)10(5-2)8-12-9(3)13/h10H,4-8H2,1-3H3,(H,12,13). The van der Waals surface area contributed by atoms with Crippen LogP contribution in [0, 0.1) is 5.92 Å². The van der Waals surface area contributed by atoms with Crippen LogP contribution in [-0.4, -0.2) is 25.0 Å². The second-order valence-corrected chi connectivity index (χ2v) is 3.56. The molecule has 1 amide bonds. The number of unbranched alkanes of at least 4 members (excludes halogenated alkanes) is 1. The molecule has 0 spiro atoms. The third kappa shape index (κ3) is 6.94. The van der Waals surface area contributed by atoms with E-state index in [-0.39, 0.29) is 17.8 Å². The predicted octanol–water partition coefficient (Wildman–Crippen LogP) is 1.49. The van der Waals surface area contributed by atoms with Crippen molar-refractivity contribution in [3.8, 4) is 0 Å². The molecule has 0 radical (unpaired) electrons. The first-order valence-electron chi connectivity index (χ1n) is 5.52. The average Bonchev–Trinajstić information content (AvgIpc) is 2.18. The van der Waals surface area contributed by atoms with Gasteiger partial charge < -0.3 is 10.1 Å². The number of amides is 1. The Hall–Kier alpha value is -1.06. The van der Waals surface area contributed by atoms with Gasteiger partial charge in [-0.3, -0.25) is 9.59 Å². The van der Waals surface area contributed by atoms with E-state index >= 15 is 0 Å². The Balaban J connectivity index is 3.82. The third-order valence-corrected chi connectivity index (χ3v) is 2.17. The highest BCUT2D eigenvalue weighted by atomic mass is 16.5. The number of ether oxygens (including phenoxy) is 1. The van der Waals surface area contributed by atoms with E-state index < -0.39 is 0 Å². The van der Waals surface area contributed by atoms with Crippen molar-refractivity contribution in [2.75, 3.05) is 13.2 Å². The van der Waals surface area contributed by atoms with E-state index in [0.29, 0.717) is 19.6 Å². The molecule has 0 aromatic carbocycles. The van der Waals surface area contributed by atoms with Crippen LogP contribution in [0.15, 0.2) is 0 Å². The van der Waals surface area contributed by atoms with Crippen molar-refractivity contribution in [2.45, 2.75) is 40.0 Å². The molecule has 0 aromatic rings. The predicted molar refractivity (Wildman–Crippen MR) is 58.3 cm³/mol. The number of rotatable bonds is 7. The van der Waals surface area contributed by atoms with Gasteiger partial charge in [-0.25, -0.2) is 0 Å². The molecule has 88 valence electrons. The Morgan fingerprint density at radius 1 is 1.33 bits per heavy atom. The van der Waals surface area contributed by atoms with Gasteiger partial charge in [-0.15, -0.1) is 0 Å². The van der Waals surface area contributed by atoms with Crippen LogP contribution in [0.2, 0.25) is 0 Å². The molecule has 1 unspecified atom stereocenters. The number of hydrogen-bond donors (Lipinski definition) is 1. The normalized spacial score (nSPS) is 11.9. The van der Waals surface area contributed by atoms with E-state index in [2.05, 4.69) is 5.32 Å². The van der Waals surface area contributed by atoms with E-state index in [1.807, 2.05) is 13.8 Å². The largest absolute Gasteiger partial charge is 0.465 e. The molecule has 15 heavy (non-hydrogen) atoms. The lowest BCUT2D eigenvalue weighted by Crippen LogP contribution is -2.32. The molecule has 4 heteroatoms. The van der Waals surface area contributed by atoms with Crippen molar-refractivity contribution >= 4 is 11.9 Å². The Bertz CT molecular complexity index is 204. The quantitative estimate of drug-likeness (QED) is 0.517. The van der Waals surface area contributed by atoms with Crippen LogP contribution in [-0.2, 0) is 14.3 Å². The summed E-state index contributed by atoms with van der Waals surface area (Å²) >= 11 is 0. The summed E-state index contributed by atoms with van der Waals surface area (Å²) in [4.78, 5) is 22.2. The molecule has 0 saturated carbocycles. The summed E-state index contributed by atoms with van der Waals surface area (Å²) in [5.74, 6) is -0.541. The maximum atomic E-state index is 11.5. The van der Waals surface area contributed by atoms with E-state index in [1.165, 1.54) is 6.92 Å². The first-order chi connectivity index (χ1) is 7.11. The van der Waals surface area contributed by atoms with E-state index in [1.54, 1.807) is 0 Å². The van der Waals surface area contributed by atoms with Crippen LogP contribution in [0.25, 0.3) is 0 Å². The van der Waals surface area contributed by atoms with Crippen LogP contribution in [0.1, 0.15) is 40.0 Å². The molecule has 1 atom stereocenters. The molecular formula is C11H21NO3. The summed E-state index contributed by atoms with van der Waals surface area (Å²) in [7, 11) is 0. The number of esters is 1. The van der Waals surface area contributed by atoms with Gasteiger partial charge in [0, 0.05) is 13.5 Å². The van der Waals surface area contributed by atoms with Gasteiger partial charge in [-0.05, 0) is 12.8 Å². The summed E-state index contributed by atoms with van der Waals surface area (Å²) < 4.78 is 5.08. The summed E-state index contributed by atoms with van der Waals surface area (Å²) in [6, 6.07) is 0. The number of hydrogen-bond acceptors (Lipinski definition) is 3. The molecule has 0 aliphatic carbocycles. The number of carbonyl (C=O) groups is 2. The molecule has 0 fully saturated rings. The van der Waals surface area contributed by atoms with Crippen molar-refractivity contribution in [3.05, 3.63) is 0 Å². The summed E-state index contributed by atoms with van der Waals surface area (Å²) in [6.45, 7) is 6.24. The van der Waals surface area contributed by atoms with Gasteiger partial charge in [-0.2, -0.15) is 0 Å². The van der Waals surface area contributed by atoms with Crippen LogP contribution in [0.5, 0.6) is 0 Å². The van der Waals surface area contributed by atoms with Crippen LogP contribution in [0.4, 0.5) is 0 Å². The average molecular weight is 215 g/mol. The molecule has 1 N–H and O–H groups in total. The van der Waals surface area contributed by atoms with Crippen molar-refractivity contribution in [2.24, 2.45) is 5.92 Å². The van der Waals surface area contributed by atoms with Crippen molar-refractivity contribution in [1.82, 2.24) is 5.32 Å². The van der Waals surface area contributed by atoms with Crippen LogP contribution in [0.3, 0.4) is 0 Å². The minimum absolute atomic E-state index is 0.116. The SMILES string of the molecule is CCCCOC(=O)C(CC)CNC(C)=O.